The molecule has 6 N–H and O–H groups in total. The number of unbranched alkanes of at least 4 members (excludes halogenated alkanes) is 1. The predicted octanol–water partition coefficient (Wildman–Crippen LogP) is 4.17. The molecule has 1 unspecified atom stereocenters. The first-order valence-electron chi connectivity index (χ1n) is 36.8. The fourth-order valence-corrected chi connectivity index (χ4v) is 13.8. The number of ketones is 1. The molecule has 2 aliphatic heterocycles. The molecule has 0 saturated carbocycles. The molecule has 0 saturated heterocycles. The molecular weight excluding hydrogens is 1490 g/mol. The molecule has 3 atom stereocenters. The first-order chi connectivity index (χ1) is 53.3. The molecule has 5 amide bonds. The molecule has 0 aliphatic carbocycles. The number of esters is 1. The van der Waals surface area contributed by atoms with E-state index in [1.54, 1.807) is 48.9 Å². The summed E-state index contributed by atoms with van der Waals surface area (Å²) < 4.78 is 106. The van der Waals surface area contributed by atoms with E-state index in [0.717, 1.165) is 22.8 Å². The van der Waals surface area contributed by atoms with Gasteiger partial charge in [-0.25, -0.2) is 42.1 Å². The van der Waals surface area contributed by atoms with Crippen molar-refractivity contribution < 1.29 is 103 Å². The summed E-state index contributed by atoms with van der Waals surface area (Å²) in [4.78, 5) is 118. The van der Waals surface area contributed by atoms with E-state index in [0.29, 0.717) is 177 Å². The van der Waals surface area contributed by atoms with E-state index in [4.69, 9.17) is 67.6 Å². The molecule has 608 valence electrons. The highest BCUT2D eigenvalue weighted by molar-refractivity contribution is 7.97. The van der Waals surface area contributed by atoms with Gasteiger partial charge in [-0.3, -0.25) is 28.2 Å². The molecule has 33 nitrogen and oxygen atoms in total. The van der Waals surface area contributed by atoms with Gasteiger partial charge >= 0.3 is 18.2 Å². The topological polar surface area (TPSA) is 420 Å². The number of carbonyl (C=O) groups is 7. The summed E-state index contributed by atoms with van der Waals surface area (Å²) in [6.07, 6.45) is 7.46. The van der Waals surface area contributed by atoms with Crippen LogP contribution in [0, 0.1) is 18.8 Å². The largest absolute Gasteiger partial charge is 0.510 e. The number of anilines is 1. The summed E-state index contributed by atoms with van der Waals surface area (Å²) in [7, 11) is -6.02. The number of aromatic nitrogens is 4. The van der Waals surface area contributed by atoms with Crippen molar-refractivity contribution in [2.45, 2.75) is 128 Å². The van der Waals surface area contributed by atoms with Crippen molar-refractivity contribution in [3.8, 4) is 23.2 Å². The van der Waals surface area contributed by atoms with Gasteiger partial charge in [-0.15, -0.1) is 0 Å². The Morgan fingerprint density at radius 2 is 1.34 bits per heavy atom. The lowest BCUT2D eigenvalue weighted by molar-refractivity contribution is -0.175. The molecule has 5 aromatic rings. The fourth-order valence-electron chi connectivity index (χ4n) is 12.0. The zero-order chi connectivity index (χ0) is 80.2. The minimum Gasteiger partial charge on any atom is -0.457 e. The summed E-state index contributed by atoms with van der Waals surface area (Å²) in [6, 6.07) is 12.1. The monoisotopic (exact) mass is 1590 g/mol. The van der Waals surface area contributed by atoms with Gasteiger partial charge in [-0.05, 0) is 106 Å². The van der Waals surface area contributed by atoms with E-state index in [1.807, 2.05) is 42.4 Å². The third-order valence-corrected chi connectivity index (χ3v) is 20.0. The van der Waals surface area contributed by atoms with Crippen LogP contribution in [0.2, 0.25) is 0 Å². The second-order valence-corrected chi connectivity index (χ2v) is 30.6. The standard InChI is InChI=1S/C76H104N10O23S2/c1-8-76(63-45-66-69-61(48-85(66)71(91)62(63)50-107-72(76)92)59(60-19-12-13-20-64(60)84-69)24-27-86(53(2)3)110(5,6)95)109-75(94)108-49-56-22-23-57(44-54(56)4)82-70(90)65(21-14-25-79-73(77)93)83-68(89)52-106-51-67(88)78-26-29-99-31-33-101-35-37-103-39-41-105-43-42-104-40-38-102-36-34-100-32-30-98-28-15-18-58(87)17-11-9-10-16-55-46-80-74(81-47-55)111(7,96)97/h12-13,19-20,22-23,44-47,53,65H,5,8-9,11,14-15,17-18,21,24-43,48-52H2,1-4,6-7H3,(H,78,88)(H,82,90)(H,83,89)(H3,77,79,93)/t65-,76-,110?/m0/s1. The van der Waals surface area contributed by atoms with Gasteiger partial charge in [0.25, 0.3) is 5.56 Å². The number of Topliss-reactive ketones (excluding diaryl/α,β-unsaturated/α-hetero) is 1. The lowest BCUT2D eigenvalue weighted by Crippen LogP contribution is -2.47. The maximum Gasteiger partial charge on any atom is 0.510 e. The van der Waals surface area contributed by atoms with Crippen molar-refractivity contribution in [3.63, 3.8) is 0 Å². The molecule has 7 rings (SSSR count). The first-order valence-corrected chi connectivity index (χ1v) is 40.8. The van der Waals surface area contributed by atoms with E-state index < -0.39 is 85.8 Å². The number of para-hydroxylation sites is 1. The van der Waals surface area contributed by atoms with Gasteiger partial charge < -0.3 is 88.4 Å². The molecular formula is C76H104N10O23S2. The van der Waals surface area contributed by atoms with Gasteiger partial charge in [-0.1, -0.05) is 43.0 Å². The Morgan fingerprint density at radius 1 is 0.739 bits per heavy atom. The highest BCUT2D eigenvalue weighted by Gasteiger charge is 2.51. The molecule has 5 heterocycles. The SMILES string of the molecule is C=S(C)(=O)N(CCc1c2c(nc3ccccc13)-c1cc3c(c(=O)n1C2)COC(=O)[C@@]3(CC)OC(=O)OCc1ccc(NC(=O)[C@H](CCCNC(N)=O)NC(=O)COCC(=O)NCCOCCOCCOCCOCCOCCOCCOCCOCCCC(=O)CCCC#Cc2cnc(S(C)(=O)=O)nc2)cc1C)C(C)C. The van der Waals surface area contributed by atoms with Crippen LogP contribution in [0.4, 0.5) is 15.3 Å². The van der Waals surface area contributed by atoms with E-state index in [2.05, 4.69) is 48.9 Å². The average Bonchev–Trinajstić information content (AvgIpc) is 1.61. The zero-order valence-electron chi connectivity index (χ0n) is 64.0. The Balaban J connectivity index is 0.698. The van der Waals surface area contributed by atoms with Crippen LogP contribution in [-0.4, -0.2) is 247 Å². The van der Waals surface area contributed by atoms with Gasteiger partial charge in [0.15, 0.2) is 0 Å². The third kappa shape index (κ3) is 29.3. The Labute approximate surface area is 647 Å². The second-order valence-electron chi connectivity index (χ2n) is 26.3. The van der Waals surface area contributed by atoms with Crippen molar-refractivity contribution in [2.75, 3.05) is 156 Å². The van der Waals surface area contributed by atoms with Crippen LogP contribution >= 0.6 is 0 Å². The molecule has 2 aromatic carbocycles. The average molecular weight is 1590 g/mol. The third-order valence-electron chi connectivity index (χ3n) is 17.5. The smallest absolute Gasteiger partial charge is 0.457 e. The van der Waals surface area contributed by atoms with Gasteiger partial charge in [-0.2, -0.15) is 0 Å². The van der Waals surface area contributed by atoms with Crippen LogP contribution in [0.5, 0.6) is 0 Å². The second kappa shape index (κ2) is 46.2. The number of cyclic esters (lactones) is 1. The minimum absolute atomic E-state index is 0.0562. The van der Waals surface area contributed by atoms with Crippen LogP contribution in [0.15, 0.2) is 70.9 Å². The Morgan fingerprint density at radius 3 is 1.94 bits per heavy atom. The molecule has 0 bridgehead atoms. The number of urea groups is 1. The number of fused-ring (bicyclic) bond motifs is 5. The van der Waals surface area contributed by atoms with Gasteiger partial charge in [0.2, 0.25) is 38.3 Å². The summed E-state index contributed by atoms with van der Waals surface area (Å²) in [5.74, 6) is 7.20. The van der Waals surface area contributed by atoms with Crippen LogP contribution in [0.1, 0.15) is 111 Å². The number of nitrogens with one attached hydrogen (secondary N) is 4. The van der Waals surface area contributed by atoms with Gasteiger partial charge in [0.1, 0.15) is 38.3 Å². The molecule has 3 aromatic heterocycles. The lowest BCUT2D eigenvalue weighted by atomic mass is 9.85. The van der Waals surface area contributed by atoms with Gasteiger partial charge in [0.05, 0.1) is 134 Å². The molecule has 0 spiro atoms. The normalized spacial score (nSPS) is 14.5. The number of ether oxygens (including phenoxy) is 12. The number of aryl methyl sites for hydroxylation is 1. The number of hydrogen-bond donors (Lipinski definition) is 5. The number of hydrogen-bond acceptors (Lipinski definition) is 26. The molecule has 0 fully saturated rings. The Hall–Kier alpha value is -8.90. The quantitative estimate of drug-likeness (QED) is 0.0118. The lowest BCUT2D eigenvalue weighted by Gasteiger charge is -2.35. The van der Waals surface area contributed by atoms with E-state index >= 15 is 0 Å². The zero-order valence-corrected chi connectivity index (χ0v) is 65.6. The number of sulfone groups is 1. The van der Waals surface area contributed by atoms with Gasteiger partial charge in [0, 0.05) is 108 Å². The molecule has 111 heavy (non-hydrogen) atoms. The maximum absolute atomic E-state index is 14.5. The number of carbonyl (C=O) groups excluding carboxylic acids is 7. The molecule has 35 heteroatoms. The first kappa shape index (κ1) is 89.3. The Kier molecular flexibility index (Phi) is 37.2. The van der Waals surface area contributed by atoms with Crippen molar-refractivity contribution in [3.05, 3.63) is 110 Å². The summed E-state index contributed by atoms with van der Waals surface area (Å²) in [6.45, 7) is 12.4. The van der Waals surface area contributed by atoms with Crippen molar-refractivity contribution in [2.24, 2.45) is 5.73 Å². The maximum atomic E-state index is 14.5. The number of nitrogens with zero attached hydrogens (tertiary/aromatic N) is 5. The minimum atomic E-state index is -3.46. The number of pyridine rings is 2. The number of amides is 5. The fraction of sp³-hybridized carbons (Fsp3) is 0.553. The van der Waals surface area contributed by atoms with Crippen molar-refractivity contribution in [1.82, 2.24) is 39.8 Å². The summed E-state index contributed by atoms with van der Waals surface area (Å²) in [5.41, 5.74) is 8.30. The highest BCUT2D eigenvalue weighted by atomic mass is 32.2. The van der Waals surface area contributed by atoms with E-state index in [-0.39, 0.29) is 93.4 Å². The van der Waals surface area contributed by atoms with Crippen LogP contribution in [0.3, 0.4) is 0 Å². The van der Waals surface area contributed by atoms with Crippen molar-refractivity contribution in [1.29, 1.82) is 0 Å². The Bertz CT molecular complexity index is 4310. The summed E-state index contributed by atoms with van der Waals surface area (Å²) >= 11 is 0. The van der Waals surface area contributed by atoms with Crippen LogP contribution in [-0.2, 0) is 132 Å². The highest BCUT2D eigenvalue weighted by Crippen LogP contribution is 2.42. The van der Waals surface area contributed by atoms with Crippen LogP contribution < -0.4 is 32.6 Å². The van der Waals surface area contributed by atoms with Crippen molar-refractivity contribution >= 4 is 83.7 Å². The van der Waals surface area contributed by atoms with Crippen LogP contribution in [0.25, 0.3) is 22.3 Å². The number of benzene rings is 2. The number of nitrogens with two attached hydrogens (primary N) is 1. The number of rotatable bonds is 52. The number of primary amides is 1. The van der Waals surface area contributed by atoms with E-state index in [1.165, 1.54) is 12.4 Å². The predicted molar refractivity (Wildman–Crippen MR) is 409 cm³/mol. The molecule has 0 radical (unpaired) electrons. The van der Waals surface area contributed by atoms with E-state index in [9.17, 15) is 51.0 Å². The summed E-state index contributed by atoms with van der Waals surface area (Å²) in [5, 5.41) is 11.1. The molecule has 2 aliphatic rings.